The van der Waals surface area contributed by atoms with Crippen molar-refractivity contribution in [2.24, 2.45) is 0 Å². The Morgan fingerprint density at radius 2 is 1.20 bits per heavy atom. The molecule has 3 rings (SSSR count). The van der Waals surface area contributed by atoms with Gasteiger partial charge in [0, 0.05) is 36.3 Å². The molecule has 6 heteroatoms. The average molecular weight is 415 g/mol. The Bertz CT molecular complexity index is 744. The smallest absolute Gasteiger partial charge is 0.162 e. The summed E-state index contributed by atoms with van der Waals surface area (Å²) in [5.41, 5.74) is 1.68. The van der Waals surface area contributed by atoms with Crippen LogP contribution in [0.15, 0.2) is 36.4 Å². The molecule has 2 atom stereocenters. The third-order valence-electron chi connectivity index (χ3n) is 5.64. The van der Waals surface area contributed by atoms with Gasteiger partial charge in [0.15, 0.2) is 23.0 Å². The fraction of sp³-hybridized carbons (Fsp3) is 0.500. The normalized spacial score (nSPS) is 18.9. The van der Waals surface area contributed by atoms with Crippen molar-refractivity contribution in [3.63, 3.8) is 0 Å². The summed E-state index contributed by atoms with van der Waals surface area (Å²) >= 11 is 0. The van der Waals surface area contributed by atoms with Gasteiger partial charge in [-0.15, -0.1) is 0 Å². The molecular formula is C24H34N2O4. The minimum Gasteiger partial charge on any atom is -0.504 e. The van der Waals surface area contributed by atoms with E-state index in [0.717, 1.165) is 24.0 Å². The van der Waals surface area contributed by atoms with Gasteiger partial charge < -0.3 is 30.3 Å². The minimum atomic E-state index is 0.213. The molecule has 0 aromatic heterocycles. The zero-order chi connectivity index (χ0) is 21.3. The molecule has 164 valence electrons. The third kappa shape index (κ3) is 5.58. The zero-order valence-electron chi connectivity index (χ0n) is 18.0. The van der Waals surface area contributed by atoms with Crippen LogP contribution in [0.25, 0.3) is 0 Å². The molecule has 1 aliphatic carbocycles. The predicted molar refractivity (Wildman–Crippen MR) is 118 cm³/mol. The molecule has 2 aromatic rings. The summed E-state index contributed by atoms with van der Waals surface area (Å²) in [6.07, 6.45) is 4.53. The number of benzene rings is 2. The number of ether oxygens (including phenoxy) is 2. The van der Waals surface area contributed by atoms with Crippen molar-refractivity contribution in [2.45, 2.75) is 64.7 Å². The molecule has 0 unspecified atom stereocenters. The lowest BCUT2D eigenvalue weighted by molar-refractivity contribution is 0.277. The number of hydrogen-bond donors (Lipinski definition) is 4. The van der Waals surface area contributed by atoms with Crippen LogP contribution in [0, 0.1) is 0 Å². The molecule has 1 saturated carbocycles. The van der Waals surface area contributed by atoms with Gasteiger partial charge in [-0.05, 0) is 38.8 Å². The van der Waals surface area contributed by atoms with Crippen LogP contribution in [0.4, 0.5) is 0 Å². The standard InChI is InChI=1S/C24H34N2O4/c1-3-29-21-13-7-9-17(23(21)27)15-25-19-11-5-6-12-20(19)26-16-18-10-8-14-22(24(18)28)30-4-2/h7-10,13-14,19-20,25-28H,3-6,11-12,15-16H2,1-2H3/t19-,20-/m0/s1. The third-order valence-corrected chi connectivity index (χ3v) is 5.64. The zero-order valence-corrected chi connectivity index (χ0v) is 18.0. The molecule has 2 aromatic carbocycles. The van der Waals surface area contributed by atoms with Crippen molar-refractivity contribution in [1.82, 2.24) is 10.6 Å². The number of para-hydroxylation sites is 2. The topological polar surface area (TPSA) is 83.0 Å². The highest BCUT2D eigenvalue weighted by molar-refractivity contribution is 5.46. The van der Waals surface area contributed by atoms with Gasteiger partial charge in [0.05, 0.1) is 13.2 Å². The summed E-state index contributed by atoms with van der Waals surface area (Å²) in [6.45, 7) is 6.03. The van der Waals surface area contributed by atoms with E-state index in [-0.39, 0.29) is 11.5 Å². The monoisotopic (exact) mass is 414 g/mol. The maximum absolute atomic E-state index is 10.4. The van der Waals surface area contributed by atoms with Gasteiger partial charge >= 0.3 is 0 Å². The number of rotatable bonds is 10. The predicted octanol–water partition coefficient (Wildman–Crippen LogP) is 4.09. The van der Waals surface area contributed by atoms with E-state index < -0.39 is 0 Å². The summed E-state index contributed by atoms with van der Waals surface area (Å²) in [4.78, 5) is 0. The van der Waals surface area contributed by atoms with E-state index >= 15 is 0 Å². The second-order valence-electron chi connectivity index (χ2n) is 7.65. The summed E-state index contributed by atoms with van der Waals surface area (Å²) in [5.74, 6) is 1.48. The highest BCUT2D eigenvalue weighted by atomic mass is 16.5. The average Bonchev–Trinajstić information content (AvgIpc) is 2.76. The van der Waals surface area contributed by atoms with E-state index in [0.29, 0.717) is 49.9 Å². The van der Waals surface area contributed by atoms with E-state index in [2.05, 4.69) is 10.6 Å². The first-order valence-corrected chi connectivity index (χ1v) is 11.0. The Hall–Kier alpha value is -2.44. The van der Waals surface area contributed by atoms with Crippen LogP contribution in [-0.2, 0) is 13.1 Å². The van der Waals surface area contributed by atoms with E-state index in [1.165, 1.54) is 12.8 Å². The highest BCUT2D eigenvalue weighted by Gasteiger charge is 2.25. The summed E-state index contributed by atoms with van der Waals surface area (Å²) < 4.78 is 11.0. The Kier molecular flexibility index (Phi) is 8.22. The second kappa shape index (κ2) is 11.1. The quantitative estimate of drug-likeness (QED) is 0.469. The summed E-state index contributed by atoms with van der Waals surface area (Å²) in [7, 11) is 0. The van der Waals surface area contributed by atoms with Crippen LogP contribution >= 0.6 is 0 Å². The molecule has 0 amide bonds. The van der Waals surface area contributed by atoms with Gasteiger partial charge in [-0.3, -0.25) is 0 Å². The number of nitrogens with one attached hydrogen (secondary N) is 2. The van der Waals surface area contributed by atoms with Crippen LogP contribution in [0.3, 0.4) is 0 Å². The number of phenolic OH excluding ortho intramolecular Hbond substituents is 2. The molecule has 0 spiro atoms. The van der Waals surface area contributed by atoms with E-state index in [4.69, 9.17) is 9.47 Å². The van der Waals surface area contributed by atoms with Gasteiger partial charge in [-0.2, -0.15) is 0 Å². The molecule has 0 heterocycles. The molecule has 0 radical (unpaired) electrons. The molecule has 30 heavy (non-hydrogen) atoms. The molecule has 1 aliphatic rings. The molecule has 0 bridgehead atoms. The van der Waals surface area contributed by atoms with Crippen LogP contribution in [0.1, 0.15) is 50.7 Å². The fourth-order valence-electron chi connectivity index (χ4n) is 4.07. The first kappa shape index (κ1) is 22.2. The first-order chi connectivity index (χ1) is 14.6. The lowest BCUT2D eigenvalue weighted by Crippen LogP contribution is -2.49. The van der Waals surface area contributed by atoms with Crippen molar-refractivity contribution in [3.05, 3.63) is 47.5 Å². The van der Waals surface area contributed by atoms with Crippen LogP contribution in [0.2, 0.25) is 0 Å². The fourth-order valence-corrected chi connectivity index (χ4v) is 4.07. The Balaban J connectivity index is 1.61. The molecule has 1 fully saturated rings. The summed E-state index contributed by atoms with van der Waals surface area (Å²) in [5, 5.41) is 28.1. The Labute approximate surface area is 179 Å². The van der Waals surface area contributed by atoms with Crippen LogP contribution in [-0.4, -0.2) is 35.5 Å². The van der Waals surface area contributed by atoms with E-state index in [9.17, 15) is 10.2 Å². The van der Waals surface area contributed by atoms with Gasteiger partial charge in [0.1, 0.15) is 0 Å². The Morgan fingerprint density at radius 1 is 0.767 bits per heavy atom. The Morgan fingerprint density at radius 3 is 1.60 bits per heavy atom. The van der Waals surface area contributed by atoms with Gasteiger partial charge in [0.2, 0.25) is 0 Å². The minimum absolute atomic E-state index is 0.213. The molecular weight excluding hydrogens is 380 g/mol. The number of phenols is 2. The maximum Gasteiger partial charge on any atom is 0.162 e. The van der Waals surface area contributed by atoms with Gasteiger partial charge in [0.25, 0.3) is 0 Å². The van der Waals surface area contributed by atoms with Crippen molar-refractivity contribution in [1.29, 1.82) is 0 Å². The molecule has 6 nitrogen and oxygen atoms in total. The van der Waals surface area contributed by atoms with Gasteiger partial charge in [-0.25, -0.2) is 0 Å². The van der Waals surface area contributed by atoms with Crippen molar-refractivity contribution in [2.75, 3.05) is 13.2 Å². The lowest BCUT2D eigenvalue weighted by Gasteiger charge is -2.33. The van der Waals surface area contributed by atoms with Gasteiger partial charge in [-0.1, -0.05) is 37.1 Å². The highest BCUT2D eigenvalue weighted by Crippen LogP contribution is 2.31. The largest absolute Gasteiger partial charge is 0.504 e. The number of aromatic hydroxyl groups is 2. The molecule has 0 saturated heterocycles. The second-order valence-corrected chi connectivity index (χ2v) is 7.65. The van der Waals surface area contributed by atoms with Crippen molar-refractivity contribution >= 4 is 0 Å². The molecule has 0 aliphatic heterocycles. The number of hydrogen-bond acceptors (Lipinski definition) is 6. The maximum atomic E-state index is 10.4. The lowest BCUT2D eigenvalue weighted by atomic mass is 9.90. The SMILES string of the molecule is CCOc1cccc(CN[C@H]2CCCC[C@@H]2NCc2cccc(OCC)c2O)c1O. The first-order valence-electron chi connectivity index (χ1n) is 11.0. The van der Waals surface area contributed by atoms with E-state index in [1.54, 1.807) is 12.1 Å². The van der Waals surface area contributed by atoms with Crippen molar-refractivity contribution in [3.8, 4) is 23.0 Å². The molecule has 4 N–H and O–H groups in total. The summed E-state index contributed by atoms with van der Waals surface area (Å²) in [6, 6.07) is 11.8. The van der Waals surface area contributed by atoms with Crippen LogP contribution in [0.5, 0.6) is 23.0 Å². The van der Waals surface area contributed by atoms with E-state index in [1.807, 2.05) is 38.1 Å². The van der Waals surface area contributed by atoms with Crippen molar-refractivity contribution < 1.29 is 19.7 Å². The van der Waals surface area contributed by atoms with Crippen LogP contribution < -0.4 is 20.1 Å².